The summed E-state index contributed by atoms with van der Waals surface area (Å²) in [5.41, 5.74) is 0. The third-order valence-electron chi connectivity index (χ3n) is 3.14. The zero-order chi connectivity index (χ0) is 13.9. The predicted octanol–water partition coefficient (Wildman–Crippen LogP) is 1.66. The van der Waals surface area contributed by atoms with Crippen LogP contribution in [-0.4, -0.2) is 28.1 Å². The van der Waals surface area contributed by atoms with Gasteiger partial charge in [0.2, 0.25) is 10.0 Å². The summed E-state index contributed by atoms with van der Waals surface area (Å²) < 4.78 is 52.6. The van der Waals surface area contributed by atoms with E-state index < -0.39 is 26.6 Å². The quantitative estimate of drug-likeness (QED) is 0.885. The lowest BCUT2D eigenvalue weighted by atomic mass is 10.0. The first-order chi connectivity index (χ1) is 8.99. The van der Waals surface area contributed by atoms with Crippen molar-refractivity contribution < 1.29 is 17.2 Å². The predicted molar refractivity (Wildman–Crippen MR) is 74.4 cm³/mol. The van der Waals surface area contributed by atoms with Crippen molar-refractivity contribution in [2.24, 2.45) is 5.92 Å². The van der Waals surface area contributed by atoms with Crippen LogP contribution in [0, 0.1) is 17.6 Å². The van der Waals surface area contributed by atoms with E-state index in [-0.39, 0.29) is 24.9 Å². The second-order valence-corrected chi connectivity index (χ2v) is 6.37. The van der Waals surface area contributed by atoms with Gasteiger partial charge in [0.15, 0.2) is 0 Å². The van der Waals surface area contributed by atoms with E-state index in [1.807, 2.05) is 0 Å². The molecule has 2 N–H and O–H groups in total. The molecule has 0 spiro atoms. The molecule has 1 saturated heterocycles. The van der Waals surface area contributed by atoms with Gasteiger partial charge in [0.05, 0.1) is 0 Å². The van der Waals surface area contributed by atoms with Crippen LogP contribution >= 0.6 is 12.4 Å². The summed E-state index contributed by atoms with van der Waals surface area (Å²) in [7, 11) is -4.01. The van der Waals surface area contributed by atoms with Gasteiger partial charge in [-0.15, -0.1) is 12.4 Å². The molecule has 1 aromatic carbocycles. The first kappa shape index (κ1) is 17.3. The SMILES string of the molecule is Cl.O=S(=O)(NCC1CCCNC1)c1cc(F)ccc1F. The lowest BCUT2D eigenvalue weighted by Gasteiger charge is -2.22. The molecule has 0 amide bonds. The smallest absolute Gasteiger partial charge is 0.243 e. The second-order valence-electron chi connectivity index (χ2n) is 4.64. The Morgan fingerprint density at radius 2 is 2.10 bits per heavy atom. The Bertz CT molecular complexity index is 548. The summed E-state index contributed by atoms with van der Waals surface area (Å²) in [4.78, 5) is -0.642. The van der Waals surface area contributed by atoms with Gasteiger partial charge in [0.1, 0.15) is 16.5 Å². The molecule has 1 aliphatic rings. The largest absolute Gasteiger partial charge is 0.316 e. The van der Waals surface area contributed by atoms with E-state index in [2.05, 4.69) is 10.0 Å². The van der Waals surface area contributed by atoms with Crippen LogP contribution in [0.3, 0.4) is 0 Å². The van der Waals surface area contributed by atoms with Crippen LogP contribution in [0.25, 0.3) is 0 Å². The number of halogens is 3. The zero-order valence-electron chi connectivity index (χ0n) is 10.7. The van der Waals surface area contributed by atoms with Crippen LogP contribution in [0.1, 0.15) is 12.8 Å². The van der Waals surface area contributed by atoms with Crippen LogP contribution in [0.4, 0.5) is 8.78 Å². The van der Waals surface area contributed by atoms with Gasteiger partial charge in [-0.1, -0.05) is 0 Å². The van der Waals surface area contributed by atoms with Crippen molar-refractivity contribution in [2.75, 3.05) is 19.6 Å². The van der Waals surface area contributed by atoms with E-state index >= 15 is 0 Å². The van der Waals surface area contributed by atoms with Crippen molar-refractivity contribution in [3.63, 3.8) is 0 Å². The van der Waals surface area contributed by atoms with Gasteiger partial charge in [-0.25, -0.2) is 21.9 Å². The molecule has 1 aliphatic heterocycles. The highest BCUT2D eigenvalue weighted by Crippen LogP contribution is 2.16. The van der Waals surface area contributed by atoms with Crippen LogP contribution in [0.5, 0.6) is 0 Å². The summed E-state index contributed by atoms with van der Waals surface area (Å²) in [5.74, 6) is -1.54. The molecule has 4 nitrogen and oxygen atoms in total. The molecule has 0 aromatic heterocycles. The monoisotopic (exact) mass is 326 g/mol. The van der Waals surface area contributed by atoms with Crippen LogP contribution in [0.15, 0.2) is 23.1 Å². The molecule has 0 saturated carbocycles. The Morgan fingerprint density at radius 3 is 2.75 bits per heavy atom. The molecule has 20 heavy (non-hydrogen) atoms. The molecule has 0 aliphatic carbocycles. The van der Waals surface area contributed by atoms with Gasteiger partial charge >= 0.3 is 0 Å². The summed E-state index contributed by atoms with van der Waals surface area (Å²) in [6, 6.07) is 2.39. The zero-order valence-corrected chi connectivity index (χ0v) is 12.4. The molecule has 1 heterocycles. The summed E-state index contributed by atoms with van der Waals surface area (Å²) in [6.07, 6.45) is 1.90. The molecule has 1 aromatic rings. The van der Waals surface area contributed by atoms with Gasteiger partial charge in [-0.3, -0.25) is 0 Å². The van der Waals surface area contributed by atoms with Crippen LogP contribution in [0.2, 0.25) is 0 Å². The highest BCUT2D eigenvalue weighted by molar-refractivity contribution is 7.89. The number of nitrogens with one attached hydrogen (secondary N) is 2. The highest BCUT2D eigenvalue weighted by atomic mass is 35.5. The second kappa shape index (κ2) is 7.31. The fourth-order valence-corrected chi connectivity index (χ4v) is 3.29. The highest BCUT2D eigenvalue weighted by Gasteiger charge is 2.22. The number of sulfonamides is 1. The third kappa shape index (κ3) is 4.37. The Kier molecular flexibility index (Phi) is 6.32. The molecule has 1 atom stereocenters. The van der Waals surface area contributed by atoms with E-state index in [0.717, 1.165) is 38.1 Å². The van der Waals surface area contributed by atoms with Gasteiger partial charge in [0, 0.05) is 6.54 Å². The minimum atomic E-state index is -4.01. The fourth-order valence-electron chi connectivity index (χ4n) is 2.09. The molecule has 8 heteroatoms. The van der Waals surface area contributed by atoms with E-state index in [1.54, 1.807) is 0 Å². The van der Waals surface area contributed by atoms with Crippen molar-refractivity contribution in [1.82, 2.24) is 10.0 Å². The Morgan fingerprint density at radius 1 is 1.35 bits per heavy atom. The molecular weight excluding hydrogens is 310 g/mol. The van der Waals surface area contributed by atoms with Gasteiger partial charge in [-0.05, 0) is 50.0 Å². The fraction of sp³-hybridized carbons (Fsp3) is 0.500. The maximum Gasteiger partial charge on any atom is 0.243 e. The van der Waals surface area contributed by atoms with Crippen molar-refractivity contribution >= 4 is 22.4 Å². The third-order valence-corrected chi connectivity index (χ3v) is 4.58. The van der Waals surface area contributed by atoms with Crippen molar-refractivity contribution in [1.29, 1.82) is 0 Å². The molecule has 2 rings (SSSR count). The van der Waals surface area contributed by atoms with E-state index in [4.69, 9.17) is 0 Å². The van der Waals surface area contributed by atoms with Crippen molar-refractivity contribution in [3.8, 4) is 0 Å². The Balaban J connectivity index is 0.00000200. The maximum absolute atomic E-state index is 13.4. The summed E-state index contributed by atoms with van der Waals surface area (Å²) in [6.45, 7) is 1.89. The first-order valence-corrected chi connectivity index (χ1v) is 7.63. The molecule has 1 fully saturated rings. The molecular formula is C12H17ClF2N2O2S. The molecule has 114 valence electrons. The average molecular weight is 327 g/mol. The minimum Gasteiger partial charge on any atom is -0.316 e. The van der Waals surface area contributed by atoms with E-state index in [1.165, 1.54) is 0 Å². The number of piperidine rings is 1. The van der Waals surface area contributed by atoms with Gasteiger partial charge in [0.25, 0.3) is 0 Å². The van der Waals surface area contributed by atoms with E-state index in [0.29, 0.717) is 6.07 Å². The standard InChI is InChI=1S/C12H16F2N2O2S.ClH/c13-10-3-4-11(14)12(6-10)19(17,18)16-8-9-2-1-5-15-7-9;/h3-4,6,9,15-16H,1-2,5,7-8H2;1H. The van der Waals surface area contributed by atoms with Gasteiger partial charge < -0.3 is 5.32 Å². The number of rotatable bonds is 4. The van der Waals surface area contributed by atoms with Crippen LogP contribution in [-0.2, 0) is 10.0 Å². The van der Waals surface area contributed by atoms with Gasteiger partial charge in [-0.2, -0.15) is 0 Å². The summed E-state index contributed by atoms with van der Waals surface area (Å²) >= 11 is 0. The Hall–Kier alpha value is -0.760. The lowest BCUT2D eigenvalue weighted by Crippen LogP contribution is -2.38. The Labute approximate surface area is 123 Å². The first-order valence-electron chi connectivity index (χ1n) is 6.14. The van der Waals surface area contributed by atoms with E-state index in [9.17, 15) is 17.2 Å². The lowest BCUT2D eigenvalue weighted by molar-refractivity contribution is 0.375. The number of benzene rings is 1. The normalized spacial score (nSPS) is 19.4. The molecule has 1 unspecified atom stereocenters. The van der Waals surface area contributed by atoms with Crippen molar-refractivity contribution in [2.45, 2.75) is 17.7 Å². The molecule has 0 radical (unpaired) electrons. The maximum atomic E-state index is 13.4. The topological polar surface area (TPSA) is 58.2 Å². The summed E-state index contributed by atoms with van der Waals surface area (Å²) in [5, 5.41) is 3.16. The average Bonchev–Trinajstić information content (AvgIpc) is 2.40. The number of hydrogen-bond donors (Lipinski definition) is 2. The minimum absolute atomic E-state index is 0. The van der Waals surface area contributed by atoms with Crippen LogP contribution < -0.4 is 10.0 Å². The van der Waals surface area contributed by atoms with Crippen molar-refractivity contribution in [3.05, 3.63) is 29.8 Å². The molecule has 0 bridgehead atoms. The number of hydrogen-bond acceptors (Lipinski definition) is 3.